The molecule has 0 saturated carbocycles. The van der Waals surface area contributed by atoms with Crippen LogP contribution in [0.25, 0.3) is 0 Å². The summed E-state index contributed by atoms with van der Waals surface area (Å²) in [5.74, 6) is 0.370. The average molecular weight is 281 g/mol. The summed E-state index contributed by atoms with van der Waals surface area (Å²) >= 11 is 3.27. The van der Waals surface area contributed by atoms with Gasteiger partial charge in [-0.25, -0.2) is 4.99 Å². The molecule has 5 N–H and O–H groups in total. The number of aliphatic imine (C=N–C) groups is 1. The van der Waals surface area contributed by atoms with E-state index >= 15 is 0 Å². The Morgan fingerprint density at radius 1 is 1.71 bits per heavy atom. The van der Waals surface area contributed by atoms with Gasteiger partial charge in [-0.3, -0.25) is 4.21 Å². The molecule has 7 heteroatoms. The molecular formula is C7H13BrN4OS. The number of hydrogen-bond donors (Lipinski definition) is 3. The largest absolute Gasteiger partial charge is 0.384 e. The van der Waals surface area contributed by atoms with Gasteiger partial charge in [-0.15, -0.1) is 0 Å². The van der Waals surface area contributed by atoms with Crippen LogP contribution in [0.5, 0.6) is 0 Å². The smallest absolute Gasteiger partial charge is 0.195 e. The van der Waals surface area contributed by atoms with E-state index in [1.54, 1.807) is 0 Å². The second-order valence-electron chi connectivity index (χ2n) is 3.00. The Hall–Kier alpha value is -0.400. The predicted molar refractivity (Wildman–Crippen MR) is 62.0 cm³/mol. The van der Waals surface area contributed by atoms with Crippen molar-refractivity contribution < 1.29 is 4.21 Å². The summed E-state index contributed by atoms with van der Waals surface area (Å²) in [6.45, 7) is 1.89. The first-order valence-electron chi connectivity index (χ1n) is 4.05. The lowest BCUT2D eigenvalue weighted by molar-refractivity contribution is 0.515. The van der Waals surface area contributed by atoms with E-state index in [1.165, 1.54) is 6.26 Å². The number of nitrogens with one attached hydrogen (secondary N) is 1. The van der Waals surface area contributed by atoms with Crippen molar-refractivity contribution in [2.75, 3.05) is 6.26 Å². The Morgan fingerprint density at radius 2 is 2.29 bits per heavy atom. The summed E-state index contributed by atoms with van der Waals surface area (Å²) in [4.78, 5) is 4.16. The highest BCUT2D eigenvalue weighted by Crippen LogP contribution is 2.28. The summed E-state index contributed by atoms with van der Waals surface area (Å²) < 4.78 is 11.8. The maximum Gasteiger partial charge on any atom is 0.195 e. The third-order valence-electron chi connectivity index (χ3n) is 1.97. The minimum absolute atomic E-state index is 0.315. The van der Waals surface area contributed by atoms with Gasteiger partial charge in [-0.2, -0.15) is 0 Å². The van der Waals surface area contributed by atoms with E-state index in [1.807, 2.05) is 6.92 Å². The average Bonchev–Trinajstić information content (AvgIpc) is 2.13. The molecule has 0 aromatic rings. The van der Waals surface area contributed by atoms with Gasteiger partial charge >= 0.3 is 0 Å². The zero-order chi connectivity index (χ0) is 10.9. The molecule has 1 rings (SSSR count). The molecule has 1 heterocycles. The molecule has 0 radical (unpaired) electrons. The molecule has 5 nitrogen and oxygen atoms in total. The third kappa shape index (κ3) is 1.99. The first kappa shape index (κ1) is 11.7. The minimum atomic E-state index is -1.21. The highest BCUT2D eigenvalue weighted by atomic mass is 79.9. The minimum Gasteiger partial charge on any atom is -0.384 e. The first-order chi connectivity index (χ1) is 6.40. The van der Waals surface area contributed by atoms with Crippen LogP contribution >= 0.6 is 15.9 Å². The fourth-order valence-electron chi connectivity index (χ4n) is 1.03. The molecular weight excluding hydrogens is 268 g/mol. The van der Waals surface area contributed by atoms with Gasteiger partial charge in [0.05, 0.1) is 15.3 Å². The van der Waals surface area contributed by atoms with Crippen LogP contribution in [0.1, 0.15) is 13.3 Å². The van der Waals surface area contributed by atoms with Crippen molar-refractivity contribution in [1.82, 2.24) is 5.32 Å². The van der Waals surface area contributed by atoms with E-state index in [4.69, 9.17) is 11.5 Å². The molecule has 0 aliphatic carbocycles. The van der Waals surface area contributed by atoms with E-state index in [-0.39, 0.29) is 0 Å². The molecule has 0 spiro atoms. The summed E-state index contributed by atoms with van der Waals surface area (Å²) in [5.41, 5.74) is 10.8. The van der Waals surface area contributed by atoms with Crippen LogP contribution < -0.4 is 16.8 Å². The standard InChI is InChI=1S/C7H13BrN4OS/c1-3-7(10)4(8)5(9)11-6(12-7)14(2)13/h3,9-10H2,1-2H3,(H,11,12). The fourth-order valence-corrected chi connectivity index (χ4v) is 2.05. The normalized spacial score (nSPS) is 29.6. The Balaban J connectivity index is 3.14. The Bertz CT molecular complexity index is 341. The third-order valence-corrected chi connectivity index (χ3v) is 3.82. The van der Waals surface area contributed by atoms with Crippen molar-refractivity contribution in [3.63, 3.8) is 0 Å². The zero-order valence-corrected chi connectivity index (χ0v) is 10.4. The Kier molecular flexibility index (Phi) is 3.33. The van der Waals surface area contributed by atoms with E-state index in [2.05, 4.69) is 26.2 Å². The number of rotatable bonds is 1. The fraction of sp³-hybridized carbons (Fsp3) is 0.571. The van der Waals surface area contributed by atoms with E-state index < -0.39 is 16.5 Å². The van der Waals surface area contributed by atoms with Gasteiger partial charge in [0, 0.05) is 6.26 Å². The second-order valence-corrected chi connectivity index (χ2v) is 5.09. The molecule has 2 unspecified atom stereocenters. The molecule has 2 atom stereocenters. The molecule has 0 fully saturated rings. The van der Waals surface area contributed by atoms with Crippen LogP contribution in [0, 0.1) is 0 Å². The van der Waals surface area contributed by atoms with Crippen LogP contribution in [0.2, 0.25) is 0 Å². The van der Waals surface area contributed by atoms with Gasteiger partial charge in [0.1, 0.15) is 11.5 Å². The lowest BCUT2D eigenvalue weighted by Gasteiger charge is -2.30. The highest BCUT2D eigenvalue weighted by molar-refractivity contribution is 9.11. The number of halogens is 1. The topological polar surface area (TPSA) is 93.5 Å². The van der Waals surface area contributed by atoms with Crippen molar-refractivity contribution in [2.45, 2.75) is 19.0 Å². The van der Waals surface area contributed by atoms with Crippen molar-refractivity contribution in [1.29, 1.82) is 0 Å². The molecule has 1 aliphatic rings. The van der Waals surface area contributed by atoms with Crippen LogP contribution in [0.15, 0.2) is 15.3 Å². The molecule has 1 aliphatic heterocycles. The second kappa shape index (κ2) is 4.00. The van der Waals surface area contributed by atoms with Crippen molar-refractivity contribution in [3.8, 4) is 0 Å². The first-order valence-corrected chi connectivity index (χ1v) is 6.40. The van der Waals surface area contributed by atoms with Gasteiger partial charge in [0.25, 0.3) is 0 Å². The number of nitrogens with zero attached hydrogens (tertiary/aromatic N) is 1. The van der Waals surface area contributed by atoms with Crippen molar-refractivity contribution in [2.24, 2.45) is 16.5 Å². The highest BCUT2D eigenvalue weighted by Gasteiger charge is 2.33. The van der Waals surface area contributed by atoms with Crippen LogP contribution in [0.3, 0.4) is 0 Å². The van der Waals surface area contributed by atoms with E-state index in [0.717, 1.165) is 0 Å². The maximum absolute atomic E-state index is 11.2. The Morgan fingerprint density at radius 3 is 2.71 bits per heavy atom. The van der Waals surface area contributed by atoms with E-state index in [9.17, 15) is 4.21 Å². The Labute approximate surface area is 93.6 Å². The van der Waals surface area contributed by atoms with Gasteiger partial charge in [0.15, 0.2) is 5.17 Å². The van der Waals surface area contributed by atoms with Crippen molar-refractivity contribution in [3.05, 3.63) is 10.3 Å². The predicted octanol–water partition coefficient (Wildman–Crippen LogP) is -0.0882. The molecule has 0 bridgehead atoms. The summed E-state index contributed by atoms with van der Waals surface area (Å²) in [6, 6.07) is 0. The van der Waals surface area contributed by atoms with Gasteiger partial charge in [-0.05, 0) is 22.4 Å². The molecule has 80 valence electrons. The lowest BCUT2D eigenvalue weighted by atomic mass is 10.1. The quantitative estimate of drug-likeness (QED) is 0.626. The number of hydrogen-bond acceptors (Lipinski definition) is 5. The molecule has 0 amide bonds. The molecule has 0 aromatic carbocycles. The summed E-state index contributed by atoms with van der Waals surface area (Å²) in [7, 11) is -1.21. The van der Waals surface area contributed by atoms with Crippen LogP contribution in [-0.2, 0) is 10.8 Å². The van der Waals surface area contributed by atoms with E-state index in [0.29, 0.717) is 21.9 Å². The van der Waals surface area contributed by atoms with Gasteiger partial charge in [-0.1, -0.05) is 6.92 Å². The molecule has 14 heavy (non-hydrogen) atoms. The maximum atomic E-state index is 11.2. The summed E-state index contributed by atoms with van der Waals surface area (Å²) in [6.07, 6.45) is 2.10. The van der Waals surface area contributed by atoms with Gasteiger partial charge < -0.3 is 16.8 Å². The molecule has 0 aromatic heterocycles. The number of nitrogens with two attached hydrogens (primary N) is 2. The summed E-state index contributed by atoms with van der Waals surface area (Å²) in [5, 5.41) is 3.05. The monoisotopic (exact) mass is 280 g/mol. The lowest BCUT2D eigenvalue weighted by Crippen LogP contribution is -2.48. The van der Waals surface area contributed by atoms with Crippen LogP contribution in [0.4, 0.5) is 0 Å². The van der Waals surface area contributed by atoms with Crippen LogP contribution in [-0.4, -0.2) is 21.3 Å². The SMILES string of the molecule is CCC1(N)N=C(S(C)=O)NC(N)=C1Br. The molecule has 0 saturated heterocycles. The zero-order valence-electron chi connectivity index (χ0n) is 8.00. The van der Waals surface area contributed by atoms with Crippen molar-refractivity contribution >= 4 is 31.9 Å². The number of amidine groups is 1. The van der Waals surface area contributed by atoms with Gasteiger partial charge in [0.2, 0.25) is 0 Å².